The van der Waals surface area contributed by atoms with Crippen molar-refractivity contribution in [3.63, 3.8) is 0 Å². The maximum absolute atomic E-state index is 13.0. The van der Waals surface area contributed by atoms with E-state index in [0.29, 0.717) is 56.9 Å². The number of carbonyl (C=O) groups excluding carboxylic acids is 3. The predicted molar refractivity (Wildman–Crippen MR) is 122 cm³/mol. The molecule has 2 aromatic rings. The maximum Gasteiger partial charge on any atom is 0.255 e. The number of anilines is 1. The molecule has 3 amide bonds. The first-order valence-electron chi connectivity index (χ1n) is 12.3. The zero-order chi connectivity index (χ0) is 24.6. The van der Waals surface area contributed by atoms with Gasteiger partial charge >= 0.3 is 0 Å². The molecule has 0 bridgehead atoms. The molecule has 2 saturated heterocycles. The highest BCUT2D eigenvalue weighted by molar-refractivity contribution is 6.06. The number of rotatable bonds is 6. The van der Waals surface area contributed by atoms with E-state index in [1.165, 1.54) is 0 Å². The van der Waals surface area contributed by atoms with Gasteiger partial charge in [0.2, 0.25) is 11.8 Å². The minimum absolute atomic E-state index is 0.201. The summed E-state index contributed by atoms with van der Waals surface area (Å²) in [6.07, 6.45) is 0.554. The van der Waals surface area contributed by atoms with Crippen LogP contribution < -0.4 is 10.6 Å². The third kappa shape index (κ3) is 4.62. The van der Waals surface area contributed by atoms with Crippen molar-refractivity contribution >= 4 is 23.4 Å². The van der Waals surface area contributed by atoms with Crippen LogP contribution in [0.1, 0.15) is 42.6 Å². The van der Waals surface area contributed by atoms with Crippen LogP contribution in [0.5, 0.6) is 0 Å². The van der Waals surface area contributed by atoms with E-state index in [-0.39, 0.29) is 18.2 Å². The summed E-state index contributed by atoms with van der Waals surface area (Å²) in [6, 6.07) is 12.3. The summed E-state index contributed by atoms with van der Waals surface area (Å²) >= 11 is 0. The summed E-state index contributed by atoms with van der Waals surface area (Å²) in [4.78, 5) is 40.1. The lowest BCUT2D eigenvalue weighted by atomic mass is 10.0. The number of nitrogens with one attached hydrogen (secondary N) is 2. The molecular formula is C25H28N4O4. The average Bonchev–Trinajstić information content (AvgIpc) is 3.20. The van der Waals surface area contributed by atoms with Crippen molar-refractivity contribution < 1.29 is 21.9 Å². The first kappa shape index (κ1) is 19.3. The van der Waals surface area contributed by atoms with Crippen LogP contribution in [-0.4, -0.2) is 59.9 Å². The van der Waals surface area contributed by atoms with Gasteiger partial charge in [-0.15, -0.1) is 0 Å². The fourth-order valence-corrected chi connectivity index (χ4v) is 4.50. The lowest BCUT2D eigenvalue weighted by Gasteiger charge is -2.29. The number of piperidine rings is 1. The van der Waals surface area contributed by atoms with Gasteiger partial charge in [0.25, 0.3) is 5.91 Å². The molecule has 33 heavy (non-hydrogen) atoms. The maximum atomic E-state index is 13.0. The second kappa shape index (κ2) is 9.33. The van der Waals surface area contributed by atoms with Gasteiger partial charge in [0.1, 0.15) is 6.04 Å². The molecule has 1 atom stereocenters. The Labute approximate surface area is 195 Å². The fraction of sp³-hybridized carbons (Fsp3) is 0.400. The largest absolute Gasteiger partial charge is 0.381 e. The number of ether oxygens (including phenoxy) is 1. The van der Waals surface area contributed by atoms with Gasteiger partial charge in [-0.1, -0.05) is 30.3 Å². The molecule has 0 radical (unpaired) electrons. The van der Waals surface area contributed by atoms with Gasteiger partial charge in [-0.25, -0.2) is 0 Å². The average molecular weight is 451 g/mol. The number of hydrogen-bond donors (Lipinski definition) is 2. The van der Waals surface area contributed by atoms with Crippen molar-refractivity contribution in [3.05, 3.63) is 64.7 Å². The molecule has 3 aliphatic heterocycles. The molecule has 1 unspecified atom stereocenters. The Kier molecular flexibility index (Phi) is 5.44. The summed E-state index contributed by atoms with van der Waals surface area (Å²) in [5, 5.41) is 5.72. The smallest absolute Gasteiger partial charge is 0.255 e. The summed E-state index contributed by atoms with van der Waals surface area (Å²) in [5.74, 6) is -0.927. The Balaban J connectivity index is 1.26. The molecule has 0 saturated carbocycles. The molecule has 3 aliphatic rings. The number of imide groups is 1. The van der Waals surface area contributed by atoms with E-state index in [0.717, 1.165) is 16.8 Å². The molecule has 5 rings (SSSR count). The van der Waals surface area contributed by atoms with Gasteiger partial charge in [-0.05, 0) is 29.7 Å². The van der Waals surface area contributed by atoms with Crippen molar-refractivity contribution in [2.75, 3.05) is 31.6 Å². The Morgan fingerprint density at radius 1 is 1.06 bits per heavy atom. The predicted octanol–water partition coefficient (Wildman–Crippen LogP) is 1.89. The molecular weight excluding hydrogens is 420 g/mol. The second-order valence-electron chi connectivity index (χ2n) is 8.49. The SMILES string of the molecule is [2H]C([2H])(c1ccc(CNc2cccc3c2CN(C2CCC(=O)NC2=O)C3=O)cc1)N1CCOCC1. The van der Waals surface area contributed by atoms with Crippen molar-refractivity contribution in [2.45, 2.75) is 38.5 Å². The minimum atomic E-state index is -1.56. The number of benzene rings is 2. The molecule has 2 fully saturated rings. The standard InChI is InChI=1S/C25H28N4O4/c30-23-9-8-22(24(31)27-23)29-16-20-19(25(29)32)2-1-3-21(20)26-14-17-4-6-18(7-5-17)15-28-10-12-33-13-11-28/h1-7,22,26H,8-16H2,(H,27,30,31)/i15D2. The Morgan fingerprint density at radius 3 is 2.58 bits per heavy atom. The van der Waals surface area contributed by atoms with Gasteiger partial charge in [0, 0.05) is 58.7 Å². The lowest BCUT2D eigenvalue weighted by molar-refractivity contribution is -0.136. The number of amides is 3. The van der Waals surface area contributed by atoms with E-state index in [2.05, 4.69) is 10.6 Å². The number of morpholine rings is 1. The van der Waals surface area contributed by atoms with Crippen molar-refractivity contribution in [2.24, 2.45) is 0 Å². The Hall–Kier alpha value is -3.23. The lowest BCUT2D eigenvalue weighted by Crippen LogP contribution is -2.52. The van der Waals surface area contributed by atoms with Crippen LogP contribution in [0.4, 0.5) is 5.69 Å². The van der Waals surface area contributed by atoms with E-state index in [4.69, 9.17) is 7.48 Å². The van der Waals surface area contributed by atoms with Crippen LogP contribution >= 0.6 is 0 Å². The monoisotopic (exact) mass is 450 g/mol. The van der Waals surface area contributed by atoms with Crippen molar-refractivity contribution in [1.82, 2.24) is 15.1 Å². The van der Waals surface area contributed by atoms with Crippen LogP contribution in [0.25, 0.3) is 0 Å². The molecule has 0 spiro atoms. The van der Waals surface area contributed by atoms with Crippen LogP contribution in [0.15, 0.2) is 42.5 Å². The van der Waals surface area contributed by atoms with E-state index in [9.17, 15) is 14.4 Å². The number of fused-ring (bicyclic) bond motifs is 1. The fourth-order valence-electron chi connectivity index (χ4n) is 4.50. The van der Waals surface area contributed by atoms with Crippen molar-refractivity contribution in [1.29, 1.82) is 0 Å². The molecule has 8 nitrogen and oxygen atoms in total. The highest BCUT2D eigenvalue weighted by Crippen LogP contribution is 2.32. The van der Waals surface area contributed by atoms with Gasteiger partial charge < -0.3 is 15.0 Å². The van der Waals surface area contributed by atoms with Gasteiger partial charge in [0.15, 0.2) is 0 Å². The molecule has 0 aliphatic carbocycles. The van der Waals surface area contributed by atoms with Crippen molar-refractivity contribution in [3.8, 4) is 0 Å². The van der Waals surface area contributed by atoms with E-state index >= 15 is 0 Å². The third-order valence-electron chi connectivity index (χ3n) is 6.32. The quantitative estimate of drug-likeness (QED) is 0.654. The number of nitrogens with zero attached hydrogens (tertiary/aromatic N) is 2. The zero-order valence-corrected chi connectivity index (χ0v) is 18.3. The van der Waals surface area contributed by atoms with Crippen LogP contribution in [0, 0.1) is 0 Å². The van der Waals surface area contributed by atoms with Gasteiger partial charge in [-0.2, -0.15) is 0 Å². The van der Waals surface area contributed by atoms with E-state index < -0.39 is 18.4 Å². The molecule has 2 N–H and O–H groups in total. The topological polar surface area (TPSA) is 91.0 Å². The molecule has 172 valence electrons. The number of carbonyl (C=O) groups is 3. The first-order chi connectivity index (χ1) is 16.8. The highest BCUT2D eigenvalue weighted by Gasteiger charge is 2.39. The molecule has 2 aromatic carbocycles. The minimum Gasteiger partial charge on any atom is -0.381 e. The first-order valence-corrected chi connectivity index (χ1v) is 11.3. The molecule has 3 heterocycles. The van der Waals surface area contributed by atoms with E-state index in [1.807, 2.05) is 36.4 Å². The summed E-state index contributed by atoms with van der Waals surface area (Å²) in [6.45, 7) is 1.44. The summed E-state index contributed by atoms with van der Waals surface area (Å²) in [7, 11) is 0. The van der Waals surface area contributed by atoms with Gasteiger partial charge in [0.05, 0.1) is 13.2 Å². The molecule has 0 aromatic heterocycles. The highest BCUT2D eigenvalue weighted by atomic mass is 16.5. The molecule has 8 heteroatoms. The number of hydrogen-bond acceptors (Lipinski definition) is 6. The Bertz CT molecular complexity index is 1150. The zero-order valence-electron chi connectivity index (χ0n) is 20.3. The Morgan fingerprint density at radius 2 is 1.82 bits per heavy atom. The van der Waals surface area contributed by atoms with Crippen LogP contribution in [0.3, 0.4) is 0 Å². The summed E-state index contributed by atoms with van der Waals surface area (Å²) in [5.41, 5.74) is 3.80. The van der Waals surface area contributed by atoms with Crippen LogP contribution in [-0.2, 0) is 33.9 Å². The summed E-state index contributed by atoms with van der Waals surface area (Å²) < 4.78 is 22.4. The third-order valence-corrected chi connectivity index (χ3v) is 6.32. The second-order valence-corrected chi connectivity index (χ2v) is 8.49. The normalized spacial score (nSPS) is 22.5. The van der Waals surface area contributed by atoms with E-state index in [1.54, 1.807) is 15.9 Å². The van der Waals surface area contributed by atoms with Crippen LogP contribution in [0.2, 0.25) is 0 Å². The van der Waals surface area contributed by atoms with Gasteiger partial charge in [-0.3, -0.25) is 24.6 Å².